The van der Waals surface area contributed by atoms with Crippen LogP contribution in [0, 0.1) is 27.7 Å². The maximum Gasteiger partial charge on any atom is 0.225 e. The SMILES string of the molecule is Cc1cccc(N2CCN(CCC(=O)Nc3c(C)nn(-c4ccccc4)c3C)CC2)c1C. The fourth-order valence-corrected chi connectivity index (χ4v) is 4.40. The van der Waals surface area contributed by atoms with Crippen LogP contribution >= 0.6 is 0 Å². The third-order valence-corrected chi connectivity index (χ3v) is 6.50. The highest BCUT2D eigenvalue weighted by molar-refractivity contribution is 5.92. The number of anilines is 2. The van der Waals surface area contributed by atoms with E-state index in [1.807, 2.05) is 48.9 Å². The minimum absolute atomic E-state index is 0.0424. The lowest BCUT2D eigenvalue weighted by Crippen LogP contribution is -2.47. The predicted molar refractivity (Wildman–Crippen MR) is 131 cm³/mol. The fraction of sp³-hybridized carbons (Fsp3) is 0.385. The number of amides is 1. The average molecular weight is 432 g/mol. The summed E-state index contributed by atoms with van der Waals surface area (Å²) in [5, 5.41) is 7.72. The van der Waals surface area contributed by atoms with E-state index in [9.17, 15) is 4.79 Å². The minimum atomic E-state index is 0.0424. The molecule has 3 aromatic rings. The summed E-state index contributed by atoms with van der Waals surface area (Å²) in [5.41, 5.74) is 7.63. The third-order valence-electron chi connectivity index (χ3n) is 6.50. The van der Waals surface area contributed by atoms with E-state index in [2.05, 4.69) is 52.3 Å². The van der Waals surface area contributed by atoms with Gasteiger partial charge in [-0.2, -0.15) is 5.10 Å². The average Bonchev–Trinajstić information content (AvgIpc) is 3.09. The number of piperazine rings is 1. The Labute approximate surface area is 190 Å². The van der Waals surface area contributed by atoms with E-state index < -0.39 is 0 Å². The van der Waals surface area contributed by atoms with Gasteiger partial charge in [0.05, 0.1) is 22.8 Å². The monoisotopic (exact) mass is 431 g/mol. The van der Waals surface area contributed by atoms with Gasteiger partial charge in [-0.15, -0.1) is 0 Å². The number of rotatable bonds is 6. The molecule has 4 rings (SSSR count). The van der Waals surface area contributed by atoms with Crippen molar-refractivity contribution in [3.8, 4) is 5.69 Å². The molecule has 0 radical (unpaired) electrons. The van der Waals surface area contributed by atoms with Gasteiger partial charge in [-0.25, -0.2) is 4.68 Å². The van der Waals surface area contributed by atoms with E-state index in [1.165, 1.54) is 16.8 Å². The van der Waals surface area contributed by atoms with Crippen LogP contribution in [0.1, 0.15) is 28.9 Å². The van der Waals surface area contributed by atoms with Gasteiger partial charge in [-0.1, -0.05) is 30.3 Å². The van der Waals surface area contributed by atoms with Crippen LogP contribution in [-0.4, -0.2) is 53.3 Å². The summed E-state index contributed by atoms with van der Waals surface area (Å²) in [6.45, 7) is 13.0. The van der Waals surface area contributed by atoms with E-state index in [4.69, 9.17) is 0 Å². The molecule has 2 heterocycles. The molecule has 1 aliphatic heterocycles. The van der Waals surface area contributed by atoms with Crippen molar-refractivity contribution in [2.45, 2.75) is 34.1 Å². The zero-order valence-corrected chi connectivity index (χ0v) is 19.6. The Bertz CT molecular complexity index is 1080. The maximum absolute atomic E-state index is 12.7. The highest BCUT2D eigenvalue weighted by atomic mass is 16.1. The lowest BCUT2D eigenvalue weighted by Gasteiger charge is -2.37. The van der Waals surface area contributed by atoms with Crippen molar-refractivity contribution in [1.29, 1.82) is 0 Å². The van der Waals surface area contributed by atoms with Crippen molar-refractivity contribution in [1.82, 2.24) is 14.7 Å². The molecule has 0 bridgehead atoms. The van der Waals surface area contributed by atoms with Crippen LogP contribution in [0.5, 0.6) is 0 Å². The van der Waals surface area contributed by atoms with Crippen LogP contribution in [0.3, 0.4) is 0 Å². The van der Waals surface area contributed by atoms with Gasteiger partial charge in [-0.3, -0.25) is 9.69 Å². The summed E-state index contributed by atoms with van der Waals surface area (Å²) >= 11 is 0. The molecule has 32 heavy (non-hydrogen) atoms. The molecule has 1 aromatic heterocycles. The van der Waals surface area contributed by atoms with Gasteiger partial charge in [0.2, 0.25) is 5.91 Å². The summed E-state index contributed by atoms with van der Waals surface area (Å²) in [6, 6.07) is 16.5. The number of hydrogen-bond acceptors (Lipinski definition) is 4. The summed E-state index contributed by atoms with van der Waals surface area (Å²) in [7, 11) is 0. The first-order valence-corrected chi connectivity index (χ1v) is 11.4. The highest BCUT2D eigenvalue weighted by Crippen LogP contribution is 2.25. The highest BCUT2D eigenvalue weighted by Gasteiger charge is 2.20. The molecule has 1 N–H and O–H groups in total. The first-order chi connectivity index (χ1) is 15.4. The molecule has 1 fully saturated rings. The van der Waals surface area contributed by atoms with Gasteiger partial charge in [0.15, 0.2) is 0 Å². The molecule has 168 valence electrons. The molecule has 1 amide bonds. The first-order valence-electron chi connectivity index (χ1n) is 11.4. The van der Waals surface area contributed by atoms with E-state index in [1.54, 1.807) is 0 Å². The van der Waals surface area contributed by atoms with E-state index >= 15 is 0 Å². The van der Waals surface area contributed by atoms with Crippen molar-refractivity contribution < 1.29 is 4.79 Å². The number of benzene rings is 2. The first kappa shape index (κ1) is 22.1. The number of hydrogen-bond donors (Lipinski definition) is 1. The van der Waals surface area contributed by atoms with Crippen LogP contribution in [0.15, 0.2) is 48.5 Å². The molecule has 0 saturated carbocycles. The summed E-state index contributed by atoms with van der Waals surface area (Å²) in [6.07, 6.45) is 0.485. The van der Waals surface area contributed by atoms with Crippen LogP contribution in [0.25, 0.3) is 5.69 Å². The molecule has 0 unspecified atom stereocenters. The lowest BCUT2D eigenvalue weighted by atomic mass is 10.1. The topological polar surface area (TPSA) is 53.4 Å². The number of nitrogens with one attached hydrogen (secondary N) is 1. The van der Waals surface area contributed by atoms with Crippen LogP contribution in [0.2, 0.25) is 0 Å². The summed E-state index contributed by atoms with van der Waals surface area (Å²) in [4.78, 5) is 17.5. The molecule has 0 aliphatic carbocycles. The smallest absolute Gasteiger partial charge is 0.225 e. The molecule has 6 heteroatoms. The van der Waals surface area contributed by atoms with Gasteiger partial charge in [0, 0.05) is 44.8 Å². The van der Waals surface area contributed by atoms with Gasteiger partial charge in [0.25, 0.3) is 0 Å². The van der Waals surface area contributed by atoms with Crippen LogP contribution in [0.4, 0.5) is 11.4 Å². The number of nitrogens with zero attached hydrogens (tertiary/aromatic N) is 4. The van der Waals surface area contributed by atoms with Crippen LogP contribution in [-0.2, 0) is 4.79 Å². The molecule has 0 atom stereocenters. The molecular weight excluding hydrogens is 398 g/mol. The standard InChI is InChI=1S/C26H33N5O/c1-19-9-8-12-24(20(19)2)30-17-15-29(16-18-30)14-13-25(32)27-26-21(3)28-31(22(26)4)23-10-6-5-7-11-23/h5-12H,13-18H2,1-4H3,(H,27,32). The Hall–Kier alpha value is -3.12. The second-order valence-electron chi connectivity index (χ2n) is 8.64. The lowest BCUT2D eigenvalue weighted by molar-refractivity contribution is -0.116. The number of carbonyl (C=O) groups is 1. The number of carbonyl (C=O) groups excluding carboxylic acids is 1. The van der Waals surface area contributed by atoms with Crippen molar-refractivity contribution >= 4 is 17.3 Å². The van der Waals surface area contributed by atoms with Gasteiger partial charge in [0.1, 0.15) is 0 Å². The van der Waals surface area contributed by atoms with Crippen molar-refractivity contribution in [3.05, 3.63) is 71.0 Å². The van der Waals surface area contributed by atoms with E-state index in [0.717, 1.165) is 55.5 Å². The van der Waals surface area contributed by atoms with Crippen molar-refractivity contribution in [2.24, 2.45) is 0 Å². The van der Waals surface area contributed by atoms with Crippen molar-refractivity contribution in [3.63, 3.8) is 0 Å². The molecule has 0 spiro atoms. The fourth-order valence-electron chi connectivity index (χ4n) is 4.40. The Morgan fingerprint density at radius 1 is 0.938 bits per heavy atom. The maximum atomic E-state index is 12.7. The van der Waals surface area contributed by atoms with Gasteiger partial charge in [-0.05, 0) is 57.0 Å². The Morgan fingerprint density at radius 2 is 1.66 bits per heavy atom. The Kier molecular flexibility index (Phi) is 6.61. The van der Waals surface area contributed by atoms with E-state index in [-0.39, 0.29) is 5.91 Å². The quantitative estimate of drug-likeness (QED) is 0.634. The Morgan fingerprint density at radius 3 is 2.38 bits per heavy atom. The van der Waals surface area contributed by atoms with Gasteiger partial charge < -0.3 is 10.2 Å². The van der Waals surface area contributed by atoms with Crippen molar-refractivity contribution in [2.75, 3.05) is 42.9 Å². The number of para-hydroxylation sites is 1. The normalized spacial score (nSPS) is 14.6. The molecule has 1 saturated heterocycles. The largest absolute Gasteiger partial charge is 0.369 e. The molecule has 6 nitrogen and oxygen atoms in total. The molecule has 2 aromatic carbocycles. The zero-order valence-electron chi connectivity index (χ0n) is 19.6. The summed E-state index contributed by atoms with van der Waals surface area (Å²) < 4.78 is 1.89. The third kappa shape index (κ3) is 4.70. The molecule has 1 aliphatic rings. The number of aromatic nitrogens is 2. The second kappa shape index (κ2) is 9.57. The van der Waals surface area contributed by atoms with Gasteiger partial charge >= 0.3 is 0 Å². The minimum Gasteiger partial charge on any atom is -0.369 e. The Balaban J connectivity index is 1.30. The molecular formula is C26H33N5O. The number of aryl methyl sites for hydroxylation is 2. The summed E-state index contributed by atoms with van der Waals surface area (Å²) in [5.74, 6) is 0.0424. The van der Waals surface area contributed by atoms with E-state index in [0.29, 0.717) is 6.42 Å². The predicted octanol–water partition coefficient (Wildman–Crippen LogP) is 4.26. The second-order valence-corrected chi connectivity index (χ2v) is 8.64. The zero-order chi connectivity index (χ0) is 22.7. The van der Waals surface area contributed by atoms with Crippen LogP contribution < -0.4 is 10.2 Å².